The smallest absolute Gasteiger partial charge is 0.112 e. The molecule has 0 saturated carbocycles. The molecule has 3 nitrogen and oxygen atoms in total. The Labute approximate surface area is 74.8 Å². The minimum atomic E-state index is -0.315. The monoisotopic (exact) mass is 170 g/mol. The van der Waals surface area contributed by atoms with Crippen molar-refractivity contribution in [2.75, 3.05) is 20.8 Å². The molecular formula is C8H15BO3. The first kappa shape index (κ1) is 10.0. The highest BCUT2D eigenvalue weighted by Crippen LogP contribution is 2.27. The van der Waals surface area contributed by atoms with Crippen molar-refractivity contribution in [3.05, 3.63) is 0 Å². The maximum absolute atomic E-state index is 5.70. The summed E-state index contributed by atoms with van der Waals surface area (Å²) in [7, 11) is 9.00. The van der Waals surface area contributed by atoms with Gasteiger partial charge in [-0.05, 0) is 0 Å². The first-order valence-electron chi connectivity index (χ1n) is 4.13. The van der Waals surface area contributed by atoms with Crippen LogP contribution in [0.15, 0.2) is 0 Å². The van der Waals surface area contributed by atoms with E-state index in [0.717, 1.165) is 0 Å². The van der Waals surface area contributed by atoms with E-state index in [1.165, 1.54) is 0 Å². The molecule has 2 radical (unpaired) electrons. The zero-order valence-corrected chi connectivity index (χ0v) is 7.82. The molecule has 1 aliphatic rings. The molecule has 0 aromatic rings. The second-order valence-electron chi connectivity index (χ2n) is 3.15. The van der Waals surface area contributed by atoms with Crippen molar-refractivity contribution in [1.82, 2.24) is 0 Å². The highest BCUT2D eigenvalue weighted by molar-refractivity contribution is 6.11. The van der Waals surface area contributed by atoms with Crippen LogP contribution in [-0.4, -0.2) is 46.9 Å². The predicted octanol–water partition coefficient (Wildman–Crippen LogP) is 0.177. The Balaban J connectivity index is 2.49. The van der Waals surface area contributed by atoms with Crippen molar-refractivity contribution >= 4 is 7.85 Å². The van der Waals surface area contributed by atoms with Gasteiger partial charge in [0.15, 0.2) is 0 Å². The summed E-state index contributed by atoms with van der Waals surface area (Å²) in [4.78, 5) is 0. The van der Waals surface area contributed by atoms with E-state index in [9.17, 15) is 0 Å². The van der Waals surface area contributed by atoms with Crippen molar-refractivity contribution in [1.29, 1.82) is 0 Å². The number of rotatable bonds is 3. The van der Waals surface area contributed by atoms with Gasteiger partial charge in [-0.3, -0.25) is 0 Å². The van der Waals surface area contributed by atoms with Gasteiger partial charge in [-0.1, -0.05) is 6.92 Å². The first-order valence-corrected chi connectivity index (χ1v) is 4.13. The number of ether oxygens (including phenoxy) is 3. The van der Waals surface area contributed by atoms with Crippen LogP contribution in [0, 0.1) is 5.92 Å². The van der Waals surface area contributed by atoms with E-state index >= 15 is 0 Å². The quantitative estimate of drug-likeness (QED) is 0.565. The minimum Gasteiger partial charge on any atom is -0.382 e. The zero-order chi connectivity index (χ0) is 9.14. The summed E-state index contributed by atoms with van der Waals surface area (Å²) in [5, 5.41) is 0. The molecule has 0 N–H and O–H groups in total. The molecule has 1 rings (SSSR count). The lowest BCUT2D eigenvalue weighted by atomic mass is 9.89. The summed E-state index contributed by atoms with van der Waals surface area (Å²) in [5.41, 5.74) is 0. The molecular weight excluding hydrogens is 155 g/mol. The van der Waals surface area contributed by atoms with Crippen LogP contribution in [0.4, 0.5) is 0 Å². The number of hydrogen-bond acceptors (Lipinski definition) is 3. The largest absolute Gasteiger partial charge is 0.382 e. The van der Waals surface area contributed by atoms with Gasteiger partial charge in [-0.15, -0.1) is 0 Å². The van der Waals surface area contributed by atoms with Crippen LogP contribution in [0.5, 0.6) is 0 Å². The Bertz CT molecular complexity index is 142. The topological polar surface area (TPSA) is 27.7 Å². The molecule has 12 heavy (non-hydrogen) atoms. The normalized spacial score (nSPS) is 41.9. The van der Waals surface area contributed by atoms with E-state index in [-0.39, 0.29) is 18.2 Å². The molecule has 0 aliphatic carbocycles. The van der Waals surface area contributed by atoms with Gasteiger partial charge in [0.05, 0.1) is 18.8 Å². The summed E-state index contributed by atoms with van der Waals surface area (Å²) in [6.07, 6.45) is 0.0556. The fourth-order valence-corrected chi connectivity index (χ4v) is 1.62. The molecule has 4 atom stereocenters. The van der Waals surface area contributed by atoms with Crippen molar-refractivity contribution in [2.24, 2.45) is 5.92 Å². The van der Waals surface area contributed by atoms with E-state index in [1.807, 2.05) is 0 Å². The molecule has 0 spiro atoms. The molecule has 0 aromatic heterocycles. The molecule has 0 amide bonds. The molecule has 1 aliphatic heterocycles. The van der Waals surface area contributed by atoms with Gasteiger partial charge in [-0.25, -0.2) is 0 Å². The summed E-state index contributed by atoms with van der Waals surface area (Å²) >= 11 is 0. The van der Waals surface area contributed by atoms with Crippen LogP contribution in [-0.2, 0) is 14.2 Å². The van der Waals surface area contributed by atoms with Crippen LogP contribution < -0.4 is 0 Å². The third-order valence-corrected chi connectivity index (χ3v) is 2.36. The molecule has 0 bridgehead atoms. The Kier molecular flexibility index (Phi) is 3.56. The van der Waals surface area contributed by atoms with Crippen molar-refractivity contribution in [2.45, 2.75) is 25.1 Å². The second kappa shape index (κ2) is 4.26. The van der Waals surface area contributed by atoms with Crippen LogP contribution in [0.1, 0.15) is 6.92 Å². The number of methoxy groups -OCH3 is 2. The molecule has 0 aromatic carbocycles. The Hall–Kier alpha value is -0.0551. The first-order chi connectivity index (χ1) is 5.70. The lowest BCUT2D eigenvalue weighted by molar-refractivity contribution is 0.00776. The Morgan fingerprint density at radius 1 is 1.42 bits per heavy atom. The van der Waals surface area contributed by atoms with E-state index in [2.05, 4.69) is 6.92 Å². The SMILES string of the molecule is [B][C@@H]1O[C@H](COC)[C@@H](C)[C@H]1OC. The Morgan fingerprint density at radius 3 is 2.50 bits per heavy atom. The van der Waals surface area contributed by atoms with Crippen LogP contribution in [0.2, 0.25) is 0 Å². The summed E-state index contributed by atoms with van der Waals surface area (Å²) < 4.78 is 15.7. The minimum absolute atomic E-state index is 0.00912. The fraction of sp³-hybridized carbons (Fsp3) is 1.00. The third-order valence-electron chi connectivity index (χ3n) is 2.36. The maximum atomic E-state index is 5.70. The van der Waals surface area contributed by atoms with Gasteiger partial charge in [0.25, 0.3) is 0 Å². The summed E-state index contributed by atoms with van der Waals surface area (Å²) in [6, 6.07) is -0.315. The van der Waals surface area contributed by atoms with E-state index in [4.69, 9.17) is 22.1 Å². The lowest BCUT2D eigenvalue weighted by Crippen LogP contribution is -2.28. The van der Waals surface area contributed by atoms with E-state index < -0.39 is 0 Å². The van der Waals surface area contributed by atoms with Crippen LogP contribution in [0.3, 0.4) is 0 Å². The standard InChI is InChI=1S/C8H15BO3/c1-5-6(4-10-2)12-8(9)7(5)11-3/h5-8H,4H2,1-3H3/t5-,6-,7-,8-/m1/s1. The summed E-state index contributed by atoms with van der Waals surface area (Å²) in [5.74, 6) is 0.296. The highest BCUT2D eigenvalue weighted by Gasteiger charge is 2.38. The van der Waals surface area contributed by atoms with Gasteiger partial charge in [0.1, 0.15) is 7.85 Å². The fourth-order valence-electron chi connectivity index (χ4n) is 1.62. The average Bonchev–Trinajstić information content (AvgIpc) is 2.29. The predicted molar refractivity (Wildman–Crippen MR) is 46.3 cm³/mol. The van der Waals surface area contributed by atoms with Gasteiger partial charge in [-0.2, -0.15) is 0 Å². The zero-order valence-electron chi connectivity index (χ0n) is 7.82. The average molecular weight is 170 g/mol. The molecule has 1 saturated heterocycles. The van der Waals surface area contributed by atoms with Gasteiger partial charge in [0.2, 0.25) is 0 Å². The molecule has 1 fully saturated rings. The lowest BCUT2D eigenvalue weighted by Gasteiger charge is -2.17. The van der Waals surface area contributed by atoms with Crippen LogP contribution >= 0.6 is 0 Å². The van der Waals surface area contributed by atoms with Crippen molar-refractivity contribution in [3.63, 3.8) is 0 Å². The molecule has 0 unspecified atom stereocenters. The van der Waals surface area contributed by atoms with Crippen molar-refractivity contribution < 1.29 is 14.2 Å². The van der Waals surface area contributed by atoms with Crippen LogP contribution in [0.25, 0.3) is 0 Å². The third kappa shape index (κ3) is 1.81. The van der Waals surface area contributed by atoms with Crippen molar-refractivity contribution in [3.8, 4) is 0 Å². The summed E-state index contributed by atoms with van der Waals surface area (Å²) in [6.45, 7) is 2.64. The Morgan fingerprint density at radius 2 is 2.08 bits per heavy atom. The molecule has 4 heteroatoms. The molecule has 1 heterocycles. The molecule has 68 valence electrons. The number of hydrogen-bond donors (Lipinski definition) is 0. The van der Waals surface area contributed by atoms with Gasteiger partial charge < -0.3 is 14.2 Å². The van der Waals surface area contributed by atoms with E-state index in [0.29, 0.717) is 12.5 Å². The van der Waals surface area contributed by atoms with Gasteiger partial charge in [0, 0.05) is 26.1 Å². The van der Waals surface area contributed by atoms with E-state index in [1.54, 1.807) is 14.2 Å². The second-order valence-corrected chi connectivity index (χ2v) is 3.15. The highest BCUT2D eigenvalue weighted by atomic mass is 16.6. The maximum Gasteiger partial charge on any atom is 0.112 e. The van der Waals surface area contributed by atoms with Gasteiger partial charge >= 0.3 is 0 Å².